The molecule has 0 aliphatic rings. The van der Waals surface area contributed by atoms with E-state index >= 15 is 0 Å². The van der Waals surface area contributed by atoms with Gasteiger partial charge < -0.3 is 14.4 Å². The number of imidazole rings is 1. The highest BCUT2D eigenvalue weighted by Gasteiger charge is 2.14. The minimum Gasteiger partial charge on any atom is -0.478 e. The molecule has 2 aromatic rings. The molecule has 1 heterocycles. The van der Waals surface area contributed by atoms with Crippen molar-refractivity contribution in [3.05, 3.63) is 42.0 Å². The van der Waals surface area contributed by atoms with E-state index in [1.54, 1.807) is 17.8 Å². The van der Waals surface area contributed by atoms with Crippen LogP contribution in [0.25, 0.3) is 0 Å². The molecule has 88 valence electrons. The van der Waals surface area contributed by atoms with E-state index < -0.39 is 11.8 Å². The Kier molecular flexibility index (Phi) is 2.78. The van der Waals surface area contributed by atoms with Crippen LogP contribution in [0.1, 0.15) is 10.4 Å². The predicted molar refractivity (Wildman–Crippen MR) is 56.6 cm³/mol. The largest absolute Gasteiger partial charge is 0.478 e. The molecule has 0 unspecified atom stereocenters. The van der Waals surface area contributed by atoms with E-state index in [4.69, 9.17) is 9.84 Å². The zero-order chi connectivity index (χ0) is 12.4. The number of rotatable bonds is 3. The van der Waals surface area contributed by atoms with E-state index in [1.165, 1.54) is 6.20 Å². The standard InChI is InChI=1S/C11H9FN2O3/c1-14-5-4-13-11(14)17-9-6-7(12)2-3-8(9)10(15)16/h2-6H,1H3,(H,15,16). The number of benzene rings is 1. The number of hydrogen-bond acceptors (Lipinski definition) is 3. The molecule has 1 aromatic carbocycles. The number of carboxylic acid groups (broad SMARTS) is 1. The van der Waals surface area contributed by atoms with Crippen LogP contribution in [0.15, 0.2) is 30.6 Å². The number of aryl methyl sites for hydroxylation is 1. The Balaban J connectivity index is 2.41. The molecule has 0 atom stereocenters. The van der Waals surface area contributed by atoms with Crippen LogP contribution >= 0.6 is 0 Å². The van der Waals surface area contributed by atoms with E-state index in [0.29, 0.717) is 0 Å². The Hall–Kier alpha value is -2.37. The lowest BCUT2D eigenvalue weighted by molar-refractivity contribution is 0.0694. The maximum atomic E-state index is 13.0. The average Bonchev–Trinajstić information content (AvgIpc) is 2.64. The molecule has 6 heteroatoms. The molecule has 1 aromatic heterocycles. The first-order valence-corrected chi connectivity index (χ1v) is 4.76. The van der Waals surface area contributed by atoms with Crippen molar-refractivity contribution in [2.45, 2.75) is 0 Å². The molecule has 0 saturated carbocycles. The third-order valence-electron chi connectivity index (χ3n) is 2.15. The van der Waals surface area contributed by atoms with Crippen molar-refractivity contribution in [3.63, 3.8) is 0 Å². The Morgan fingerprint density at radius 2 is 2.29 bits per heavy atom. The van der Waals surface area contributed by atoms with Crippen molar-refractivity contribution < 1.29 is 19.0 Å². The zero-order valence-corrected chi connectivity index (χ0v) is 8.92. The number of carboxylic acids is 1. The first-order valence-electron chi connectivity index (χ1n) is 4.76. The van der Waals surface area contributed by atoms with Gasteiger partial charge in [-0.05, 0) is 12.1 Å². The molecule has 0 aliphatic heterocycles. The van der Waals surface area contributed by atoms with Gasteiger partial charge in [0.1, 0.15) is 17.1 Å². The van der Waals surface area contributed by atoms with E-state index in [0.717, 1.165) is 18.2 Å². The number of aromatic nitrogens is 2. The lowest BCUT2D eigenvalue weighted by Crippen LogP contribution is -2.02. The quantitative estimate of drug-likeness (QED) is 0.885. The van der Waals surface area contributed by atoms with Crippen LogP contribution in [0.2, 0.25) is 0 Å². The lowest BCUT2D eigenvalue weighted by Gasteiger charge is -2.07. The van der Waals surface area contributed by atoms with Gasteiger partial charge in [0.2, 0.25) is 0 Å². The SMILES string of the molecule is Cn1ccnc1Oc1cc(F)ccc1C(=O)O. The molecule has 0 bridgehead atoms. The highest BCUT2D eigenvalue weighted by atomic mass is 19.1. The third kappa shape index (κ3) is 2.25. The summed E-state index contributed by atoms with van der Waals surface area (Å²) < 4.78 is 19.8. The van der Waals surface area contributed by atoms with Gasteiger partial charge in [0.25, 0.3) is 0 Å². The van der Waals surface area contributed by atoms with Gasteiger partial charge in [-0.25, -0.2) is 14.2 Å². The summed E-state index contributed by atoms with van der Waals surface area (Å²) >= 11 is 0. The van der Waals surface area contributed by atoms with Crippen molar-refractivity contribution in [2.24, 2.45) is 7.05 Å². The van der Waals surface area contributed by atoms with E-state index in [9.17, 15) is 9.18 Å². The summed E-state index contributed by atoms with van der Waals surface area (Å²) in [6.07, 6.45) is 3.13. The van der Waals surface area contributed by atoms with Crippen LogP contribution < -0.4 is 4.74 Å². The second-order valence-electron chi connectivity index (χ2n) is 3.37. The average molecular weight is 236 g/mol. The first kappa shape index (κ1) is 11.1. The number of aromatic carboxylic acids is 1. The predicted octanol–water partition coefficient (Wildman–Crippen LogP) is 2.05. The molecular weight excluding hydrogens is 227 g/mol. The van der Waals surface area contributed by atoms with Gasteiger partial charge in [0, 0.05) is 25.5 Å². The number of carbonyl (C=O) groups is 1. The smallest absolute Gasteiger partial charge is 0.339 e. The van der Waals surface area contributed by atoms with Crippen LogP contribution in [0.3, 0.4) is 0 Å². The van der Waals surface area contributed by atoms with Gasteiger partial charge in [0.15, 0.2) is 0 Å². The fraction of sp³-hybridized carbons (Fsp3) is 0.0909. The molecule has 0 spiro atoms. The molecular formula is C11H9FN2O3. The van der Waals surface area contributed by atoms with Gasteiger partial charge in [-0.2, -0.15) is 0 Å². The van der Waals surface area contributed by atoms with Crippen LogP contribution in [0.4, 0.5) is 4.39 Å². The summed E-state index contributed by atoms with van der Waals surface area (Å²) in [6.45, 7) is 0. The highest BCUT2D eigenvalue weighted by molar-refractivity contribution is 5.90. The minimum atomic E-state index is -1.19. The van der Waals surface area contributed by atoms with Gasteiger partial charge in [0.05, 0.1) is 0 Å². The topological polar surface area (TPSA) is 64.4 Å². The summed E-state index contributed by atoms with van der Waals surface area (Å²) in [7, 11) is 1.68. The van der Waals surface area contributed by atoms with E-state index in [-0.39, 0.29) is 17.3 Å². The Labute approximate surface area is 96.1 Å². The Morgan fingerprint density at radius 1 is 1.53 bits per heavy atom. The second-order valence-corrected chi connectivity index (χ2v) is 3.37. The Morgan fingerprint density at radius 3 is 2.88 bits per heavy atom. The minimum absolute atomic E-state index is 0.0770. The number of hydrogen-bond donors (Lipinski definition) is 1. The monoisotopic (exact) mass is 236 g/mol. The molecule has 0 fully saturated rings. The third-order valence-corrected chi connectivity index (χ3v) is 2.15. The lowest BCUT2D eigenvalue weighted by atomic mass is 10.2. The normalized spacial score (nSPS) is 10.2. The van der Waals surface area contributed by atoms with Crippen molar-refractivity contribution in [3.8, 4) is 11.8 Å². The van der Waals surface area contributed by atoms with Gasteiger partial charge >= 0.3 is 12.0 Å². The summed E-state index contributed by atoms with van der Waals surface area (Å²) in [6, 6.07) is 3.42. The molecule has 0 radical (unpaired) electrons. The summed E-state index contributed by atoms with van der Waals surface area (Å²) in [5.74, 6) is -1.83. The number of nitrogens with zero attached hydrogens (tertiary/aromatic N) is 2. The summed E-state index contributed by atoms with van der Waals surface area (Å²) in [4.78, 5) is 14.8. The molecule has 5 nitrogen and oxygen atoms in total. The number of ether oxygens (including phenoxy) is 1. The van der Waals surface area contributed by atoms with Crippen LogP contribution in [-0.4, -0.2) is 20.6 Å². The van der Waals surface area contributed by atoms with Crippen molar-refractivity contribution in [1.29, 1.82) is 0 Å². The first-order chi connectivity index (χ1) is 8.08. The summed E-state index contributed by atoms with van der Waals surface area (Å²) in [5.41, 5.74) is -0.116. The van der Waals surface area contributed by atoms with Crippen LogP contribution in [0.5, 0.6) is 11.8 Å². The molecule has 1 N–H and O–H groups in total. The zero-order valence-electron chi connectivity index (χ0n) is 8.92. The van der Waals surface area contributed by atoms with Crippen molar-refractivity contribution in [2.75, 3.05) is 0 Å². The summed E-state index contributed by atoms with van der Waals surface area (Å²) in [5, 5.41) is 8.92. The Bertz CT molecular complexity index is 566. The highest BCUT2D eigenvalue weighted by Crippen LogP contribution is 2.24. The van der Waals surface area contributed by atoms with E-state index in [2.05, 4.69) is 4.98 Å². The maximum Gasteiger partial charge on any atom is 0.339 e. The molecule has 0 aliphatic carbocycles. The molecule has 2 rings (SSSR count). The fourth-order valence-corrected chi connectivity index (χ4v) is 1.31. The van der Waals surface area contributed by atoms with Crippen molar-refractivity contribution >= 4 is 5.97 Å². The van der Waals surface area contributed by atoms with Gasteiger partial charge in [-0.1, -0.05) is 0 Å². The molecule has 0 amide bonds. The maximum absolute atomic E-state index is 13.0. The van der Waals surface area contributed by atoms with Crippen LogP contribution in [0, 0.1) is 5.82 Å². The van der Waals surface area contributed by atoms with E-state index in [1.807, 2.05) is 0 Å². The van der Waals surface area contributed by atoms with Gasteiger partial charge in [-0.15, -0.1) is 0 Å². The van der Waals surface area contributed by atoms with Crippen molar-refractivity contribution in [1.82, 2.24) is 9.55 Å². The number of halogens is 1. The van der Waals surface area contributed by atoms with Gasteiger partial charge in [-0.3, -0.25) is 0 Å². The molecule has 0 saturated heterocycles. The fourth-order valence-electron chi connectivity index (χ4n) is 1.31. The molecule has 17 heavy (non-hydrogen) atoms. The second kappa shape index (κ2) is 4.25. The van der Waals surface area contributed by atoms with Crippen LogP contribution in [-0.2, 0) is 7.05 Å².